The summed E-state index contributed by atoms with van der Waals surface area (Å²) in [5.74, 6) is 1.12. The van der Waals surface area contributed by atoms with Crippen molar-refractivity contribution in [2.24, 2.45) is 17.4 Å². The Labute approximate surface area is 204 Å². The molecule has 5 N–H and O–H groups in total. The molecule has 0 saturated carbocycles. The Bertz CT molecular complexity index is 1120. The zero-order chi connectivity index (χ0) is 25.5. The molecular weight excluding hydrogens is 450 g/mol. The molecule has 188 valence electrons. The lowest BCUT2D eigenvalue weighted by Gasteiger charge is -2.42. The van der Waals surface area contributed by atoms with E-state index in [1.807, 2.05) is 18.0 Å². The highest BCUT2D eigenvalue weighted by atomic mass is 16.2. The highest BCUT2D eigenvalue weighted by Gasteiger charge is 2.33. The first-order valence-electron chi connectivity index (χ1n) is 11.8. The van der Waals surface area contributed by atoms with E-state index in [4.69, 9.17) is 21.7 Å². The van der Waals surface area contributed by atoms with Crippen LogP contribution in [0.4, 0.5) is 10.6 Å². The number of piperidine rings is 1. The van der Waals surface area contributed by atoms with Gasteiger partial charge in [0.2, 0.25) is 11.8 Å². The van der Waals surface area contributed by atoms with Crippen molar-refractivity contribution in [2.45, 2.75) is 45.1 Å². The number of amides is 3. The minimum Gasteiger partial charge on any atom is -0.355 e. The molecule has 0 radical (unpaired) electrons. The van der Waals surface area contributed by atoms with Gasteiger partial charge in [0.1, 0.15) is 18.1 Å². The number of rotatable bonds is 9. The van der Waals surface area contributed by atoms with Crippen molar-refractivity contribution in [3.63, 3.8) is 0 Å². The average molecular weight is 484 g/mol. The number of likely N-dealkylation sites (N-methyl/N-ethyl adjacent to an activating group) is 1. The fourth-order valence-electron chi connectivity index (χ4n) is 4.42. The largest absolute Gasteiger partial charge is 0.355 e. The van der Waals surface area contributed by atoms with Crippen LogP contribution in [-0.4, -0.2) is 76.5 Å². The van der Waals surface area contributed by atoms with Crippen LogP contribution in [0.5, 0.6) is 0 Å². The quantitative estimate of drug-likeness (QED) is 0.457. The number of primary amides is 1. The number of carbonyl (C=O) groups is 3. The van der Waals surface area contributed by atoms with E-state index in [0.29, 0.717) is 68.1 Å². The van der Waals surface area contributed by atoms with E-state index >= 15 is 0 Å². The van der Waals surface area contributed by atoms with Gasteiger partial charge in [0.05, 0.1) is 17.5 Å². The number of nitrogens with zero attached hydrogens (tertiary/aromatic N) is 6. The third kappa shape index (κ3) is 6.05. The summed E-state index contributed by atoms with van der Waals surface area (Å²) in [5, 5.41) is 12.3. The fourth-order valence-corrected chi connectivity index (χ4v) is 4.42. The number of aryl methyl sites for hydroxylation is 1. The second-order valence-electron chi connectivity index (χ2n) is 8.84. The summed E-state index contributed by atoms with van der Waals surface area (Å²) in [5.41, 5.74) is 11.4. The SMILES string of the molecule is C[C@@H]1CCN(C(=O)CC#N)C[C@@H]1N(C)c1nc(CCCC(=O)NCCN)nc2c1ccn2C(N)=O. The summed E-state index contributed by atoms with van der Waals surface area (Å²) in [7, 11) is 1.91. The van der Waals surface area contributed by atoms with Crippen molar-refractivity contribution < 1.29 is 14.4 Å². The fraction of sp³-hybridized carbons (Fsp3) is 0.565. The second kappa shape index (κ2) is 11.6. The van der Waals surface area contributed by atoms with Gasteiger partial charge in [0.25, 0.3) is 0 Å². The van der Waals surface area contributed by atoms with Crippen LogP contribution in [0.15, 0.2) is 12.3 Å². The van der Waals surface area contributed by atoms with Gasteiger partial charge < -0.3 is 26.6 Å². The lowest BCUT2D eigenvalue weighted by Crippen LogP contribution is -2.52. The third-order valence-electron chi connectivity index (χ3n) is 6.41. The number of nitriles is 1. The summed E-state index contributed by atoms with van der Waals surface area (Å²) >= 11 is 0. The highest BCUT2D eigenvalue weighted by molar-refractivity contribution is 5.94. The zero-order valence-corrected chi connectivity index (χ0v) is 20.2. The van der Waals surface area contributed by atoms with Crippen LogP contribution < -0.4 is 21.7 Å². The molecule has 35 heavy (non-hydrogen) atoms. The first kappa shape index (κ1) is 25.9. The van der Waals surface area contributed by atoms with Crippen molar-refractivity contribution in [1.29, 1.82) is 5.26 Å². The molecule has 2 aromatic rings. The summed E-state index contributed by atoms with van der Waals surface area (Å²) < 4.78 is 1.28. The Morgan fingerprint density at radius 2 is 2.11 bits per heavy atom. The molecule has 1 fully saturated rings. The van der Waals surface area contributed by atoms with Crippen molar-refractivity contribution in [3.8, 4) is 6.07 Å². The lowest BCUT2D eigenvalue weighted by atomic mass is 9.92. The first-order valence-corrected chi connectivity index (χ1v) is 11.8. The van der Waals surface area contributed by atoms with Crippen LogP contribution in [0.2, 0.25) is 0 Å². The molecule has 1 aliphatic heterocycles. The Kier molecular flexibility index (Phi) is 8.59. The molecular formula is C23H33N9O3. The van der Waals surface area contributed by atoms with Gasteiger partial charge in [0, 0.05) is 52.3 Å². The predicted octanol–water partition coefficient (Wildman–Crippen LogP) is 0.343. The van der Waals surface area contributed by atoms with Gasteiger partial charge in [0.15, 0.2) is 5.65 Å². The van der Waals surface area contributed by atoms with Gasteiger partial charge in [-0.1, -0.05) is 6.92 Å². The van der Waals surface area contributed by atoms with Gasteiger partial charge in [-0.15, -0.1) is 0 Å². The van der Waals surface area contributed by atoms with E-state index in [0.717, 1.165) is 6.42 Å². The second-order valence-corrected chi connectivity index (χ2v) is 8.84. The van der Waals surface area contributed by atoms with Gasteiger partial charge >= 0.3 is 6.03 Å². The van der Waals surface area contributed by atoms with E-state index in [-0.39, 0.29) is 30.2 Å². The molecule has 2 atom stereocenters. The Balaban J connectivity index is 1.89. The molecule has 0 aromatic carbocycles. The van der Waals surface area contributed by atoms with E-state index in [9.17, 15) is 14.4 Å². The van der Waals surface area contributed by atoms with Gasteiger partial charge in [-0.3, -0.25) is 14.2 Å². The minimum absolute atomic E-state index is 0.0451. The topological polar surface area (TPSA) is 176 Å². The molecule has 0 bridgehead atoms. The van der Waals surface area contributed by atoms with Crippen molar-refractivity contribution >= 4 is 34.7 Å². The highest BCUT2D eigenvalue weighted by Crippen LogP contribution is 2.30. The molecule has 12 nitrogen and oxygen atoms in total. The van der Waals surface area contributed by atoms with Gasteiger partial charge in [-0.2, -0.15) is 5.26 Å². The van der Waals surface area contributed by atoms with Crippen molar-refractivity contribution in [1.82, 2.24) is 24.8 Å². The number of carbonyl (C=O) groups excluding carboxylic acids is 3. The summed E-state index contributed by atoms with van der Waals surface area (Å²) in [6.07, 6.45) is 3.48. The standard InChI is InChI=1S/C23H33N9O3/c1-15-7-12-31(20(34)6-9-24)14-17(15)30(2)21-16-8-13-32(23(26)35)22(16)29-18(28-21)4-3-5-19(33)27-11-10-25/h8,13,15,17H,3-7,10-12,14,25H2,1-2H3,(H2,26,35)(H,27,33)/t15-,17+/m1/s1. The minimum atomic E-state index is -0.654. The molecule has 3 rings (SSSR count). The number of likely N-dealkylation sites (tertiary alicyclic amines) is 1. The van der Waals surface area contributed by atoms with E-state index in [1.54, 1.807) is 17.2 Å². The number of anilines is 1. The summed E-state index contributed by atoms with van der Waals surface area (Å²) in [6.45, 7) is 4.01. The molecule has 1 aliphatic rings. The molecule has 0 unspecified atom stereocenters. The molecule has 12 heteroatoms. The van der Waals surface area contributed by atoms with Crippen molar-refractivity contribution in [3.05, 3.63) is 18.1 Å². The molecule has 3 amide bonds. The van der Waals surface area contributed by atoms with Gasteiger partial charge in [-0.25, -0.2) is 14.8 Å². The van der Waals surface area contributed by atoms with Crippen LogP contribution >= 0.6 is 0 Å². The maximum absolute atomic E-state index is 12.4. The maximum Gasteiger partial charge on any atom is 0.324 e. The molecule has 2 aromatic heterocycles. The van der Waals surface area contributed by atoms with Crippen LogP contribution in [-0.2, 0) is 16.0 Å². The molecule has 1 saturated heterocycles. The van der Waals surface area contributed by atoms with Crippen LogP contribution in [0, 0.1) is 17.2 Å². The van der Waals surface area contributed by atoms with Crippen LogP contribution in [0.25, 0.3) is 11.0 Å². The van der Waals surface area contributed by atoms with E-state index < -0.39 is 6.03 Å². The smallest absolute Gasteiger partial charge is 0.324 e. The zero-order valence-electron chi connectivity index (χ0n) is 20.2. The number of aromatic nitrogens is 3. The summed E-state index contributed by atoms with van der Waals surface area (Å²) in [4.78, 5) is 49.4. The Hall–Kier alpha value is -3.72. The maximum atomic E-state index is 12.4. The van der Waals surface area contributed by atoms with Gasteiger partial charge in [-0.05, 0) is 24.8 Å². The van der Waals surface area contributed by atoms with E-state index in [1.165, 1.54) is 4.57 Å². The number of nitrogens with two attached hydrogens (primary N) is 2. The van der Waals surface area contributed by atoms with Crippen molar-refractivity contribution in [2.75, 3.05) is 38.1 Å². The van der Waals surface area contributed by atoms with Crippen LogP contribution in [0.1, 0.15) is 38.4 Å². The normalized spacial score (nSPS) is 17.7. The monoisotopic (exact) mass is 483 g/mol. The Morgan fingerprint density at radius 1 is 1.34 bits per heavy atom. The van der Waals surface area contributed by atoms with Crippen LogP contribution in [0.3, 0.4) is 0 Å². The molecule has 0 aliphatic carbocycles. The molecule has 0 spiro atoms. The van der Waals surface area contributed by atoms with E-state index in [2.05, 4.69) is 17.2 Å². The number of hydrogen-bond donors (Lipinski definition) is 3. The number of fused-ring (bicyclic) bond motifs is 1. The third-order valence-corrected chi connectivity index (χ3v) is 6.41. The first-order chi connectivity index (χ1) is 16.8. The number of nitrogens with one attached hydrogen (secondary N) is 1. The molecule has 3 heterocycles. The lowest BCUT2D eigenvalue weighted by molar-refractivity contribution is -0.131. The average Bonchev–Trinajstić information content (AvgIpc) is 3.26. The Morgan fingerprint density at radius 3 is 2.80 bits per heavy atom. The number of hydrogen-bond acceptors (Lipinski definition) is 8. The predicted molar refractivity (Wildman–Crippen MR) is 130 cm³/mol. The summed E-state index contributed by atoms with van der Waals surface area (Å²) in [6, 6.07) is 2.98.